The van der Waals surface area contributed by atoms with E-state index < -0.39 is 61.1 Å². The lowest BCUT2D eigenvalue weighted by Crippen LogP contribution is -2.55. The molecule has 0 radical (unpaired) electrons. The molecule has 6 N–H and O–H groups in total. The lowest BCUT2D eigenvalue weighted by molar-refractivity contribution is -0.231. The maximum atomic E-state index is 14.1. The van der Waals surface area contributed by atoms with Crippen LogP contribution in [0.15, 0.2) is 121 Å². The number of nitrogens with zero attached hydrogens (tertiary/aromatic N) is 2. The Kier molecular flexibility index (Phi) is 10.8. The Labute approximate surface area is 312 Å². The van der Waals surface area contributed by atoms with Crippen LogP contribution in [0.3, 0.4) is 0 Å². The highest BCUT2D eigenvalue weighted by atomic mass is 19.1. The molecule has 2 aliphatic rings. The summed E-state index contributed by atoms with van der Waals surface area (Å²) in [6, 6.07) is 34.2. The number of rotatable bonds is 10. The van der Waals surface area contributed by atoms with Crippen LogP contribution in [0, 0.1) is 5.82 Å². The molecule has 2 amide bonds. The van der Waals surface area contributed by atoms with Crippen LogP contribution in [0.2, 0.25) is 0 Å². The van der Waals surface area contributed by atoms with Crippen molar-refractivity contribution in [2.45, 2.75) is 61.5 Å². The van der Waals surface area contributed by atoms with Crippen molar-refractivity contribution < 1.29 is 44.6 Å². The number of likely N-dealkylation sites (N-methyl/N-ethyl adjacent to an activating group) is 1. The van der Waals surface area contributed by atoms with E-state index in [9.17, 15) is 39.8 Å². The predicted octanol–water partition coefficient (Wildman–Crippen LogP) is 5.88. The van der Waals surface area contributed by atoms with E-state index in [2.05, 4.69) is 0 Å². The van der Waals surface area contributed by atoms with E-state index in [1.54, 1.807) is 65.4 Å². The van der Waals surface area contributed by atoms with Crippen molar-refractivity contribution in [2.24, 2.45) is 0 Å². The lowest BCUT2D eigenvalue weighted by atomic mass is 9.89. The van der Waals surface area contributed by atoms with Gasteiger partial charge in [-0.25, -0.2) is 9.18 Å². The minimum atomic E-state index is -1.50. The number of phenolic OH excluding ortho intramolecular Hbond substituents is 1. The van der Waals surface area contributed by atoms with Gasteiger partial charge in [-0.05, 0) is 76.6 Å². The van der Waals surface area contributed by atoms with Gasteiger partial charge < -0.3 is 40.3 Å². The van der Waals surface area contributed by atoms with Gasteiger partial charge in [0.2, 0.25) is 0 Å². The van der Waals surface area contributed by atoms with Crippen LogP contribution in [0.1, 0.15) is 47.8 Å². The zero-order valence-electron chi connectivity index (χ0n) is 29.6. The number of carbonyl (C=O) groups excluding carboxylic acids is 1. The molecule has 5 aromatic carbocycles. The average Bonchev–Trinajstić information content (AvgIpc) is 3.44. The summed E-state index contributed by atoms with van der Waals surface area (Å²) in [4.78, 5) is 17.4. The van der Waals surface area contributed by atoms with Crippen molar-refractivity contribution >= 4 is 11.7 Å². The zero-order valence-corrected chi connectivity index (χ0v) is 29.6. The minimum Gasteiger partial charge on any atom is -0.508 e. The Hall–Kier alpha value is -5.14. The summed E-state index contributed by atoms with van der Waals surface area (Å²) < 4.78 is 19.3. The van der Waals surface area contributed by atoms with Gasteiger partial charge in [-0.1, -0.05) is 91.0 Å². The van der Waals surface area contributed by atoms with Crippen LogP contribution in [0.25, 0.3) is 22.3 Å². The van der Waals surface area contributed by atoms with Gasteiger partial charge in [-0.3, -0.25) is 4.90 Å². The van der Waals surface area contributed by atoms with Crippen LogP contribution >= 0.6 is 0 Å². The molecule has 2 aliphatic heterocycles. The number of halogens is 1. The predicted molar refractivity (Wildman–Crippen MR) is 201 cm³/mol. The number of aromatic hydroxyl groups is 1. The molecule has 280 valence electrons. The molecule has 5 aromatic rings. The summed E-state index contributed by atoms with van der Waals surface area (Å²) in [5, 5.41) is 63.3. The Bertz CT molecular complexity index is 2050. The van der Waals surface area contributed by atoms with Gasteiger partial charge in [0.1, 0.15) is 42.1 Å². The summed E-state index contributed by atoms with van der Waals surface area (Å²) in [7, 11) is 1.71. The second-order valence-electron chi connectivity index (χ2n) is 14.0. The van der Waals surface area contributed by atoms with Crippen molar-refractivity contribution in [3.8, 4) is 28.0 Å². The molecular formula is C43H43FN2O8. The highest BCUT2D eigenvalue weighted by Gasteiger charge is 2.47. The number of hydrogen-bond acceptors (Lipinski definition) is 8. The molecule has 0 saturated carbocycles. The van der Waals surface area contributed by atoms with Crippen molar-refractivity contribution in [1.82, 2.24) is 4.90 Å². The summed E-state index contributed by atoms with van der Waals surface area (Å²) in [6.45, 7) is -0.528. The number of benzene rings is 5. The van der Waals surface area contributed by atoms with Crippen LogP contribution in [-0.2, 0) is 4.74 Å². The maximum Gasteiger partial charge on any atom is 0.325 e. The normalized spacial score (nSPS) is 24.9. The first-order chi connectivity index (χ1) is 26.0. The molecule has 0 spiro atoms. The summed E-state index contributed by atoms with van der Waals surface area (Å²) in [6.07, 6.45) is -6.61. The van der Waals surface area contributed by atoms with Gasteiger partial charge in [0.25, 0.3) is 0 Å². The third-order valence-corrected chi connectivity index (χ3v) is 10.7. The number of phenols is 1. The molecule has 2 saturated heterocycles. The number of aliphatic hydroxyl groups excluding tert-OH is 5. The molecule has 0 bridgehead atoms. The van der Waals surface area contributed by atoms with Gasteiger partial charge in [0.05, 0.1) is 24.8 Å². The van der Waals surface area contributed by atoms with Crippen LogP contribution < -0.4 is 4.90 Å². The first-order valence-corrected chi connectivity index (χ1v) is 17.9. The topological polar surface area (TPSA) is 154 Å². The molecule has 2 heterocycles. The van der Waals surface area contributed by atoms with Crippen molar-refractivity contribution in [2.75, 3.05) is 18.6 Å². The van der Waals surface area contributed by atoms with Gasteiger partial charge in [-0.15, -0.1) is 0 Å². The fourth-order valence-electron chi connectivity index (χ4n) is 7.62. The first-order valence-electron chi connectivity index (χ1n) is 17.9. The Morgan fingerprint density at radius 2 is 1.37 bits per heavy atom. The minimum absolute atomic E-state index is 0.0337. The average molecular weight is 735 g/mol. The lowest BCUT2D eigenvalue weighted by Gasteiger charge is -2.40. The van der Waals surface area contributed by atoms with Gasteiger partial charge in [0.15, 0.2) is 0 Å². The number of hydrogen-bond donors (Lipinski definition) is 6. The molecule has 10 nitrogen and oxygen atoms in total. The summed E-state index contributed by atoms with van der Waals surface area (Å²) >= 11 is 0. The molecule has 0 aromatic heterocycles. The Balaban J connectivity index is 1.19. The second kappa shape index (κ2) is 15.7. The second-order valence-corrected chi connectivity index (χ2v) is 14.0. The van der Waals surface area contributed by atoms with E-state index in [4.69, 9.17) is 4.74 Å². The first kappa shape index (κ1) is 37.2. The van der Waals surface area contributed by atoms with Crippen molar-refractivity contribution in [3.63, 3.8) is 0 Å². The molecule has 8 atom stereocenters. The number of amides is 2. The maximum absolute atomic E-state index is 14.1. The van der Waals surface area contributed by atoms with E-state index in [0.29, 0.717) is 34.4 Å². The largest absolute Gasteiger partial charge is 0.508 e. The van der Waals surface area contributed by atoms with Gasteiger partial charge in [0, 0.05) is 18.3 Å². The van der Waals surface area contributed by atoms with Crippen molar-refractivity contribution in [3.05, 3.63) is 144 Å². The van der Waals surface area contributed by atoms with Crippen LogP contribution in [0.5, 0.6) is 5.75 Å². The quantitative estimate of drug-likeness (QED) is 0.104. The van der Waals surface area contributed by atoms with Gasteiger partial charge in [-0.2, -0.15) is 0 Å². The van der Waals surface area contributed by atoms with E-state index >= 15 is 0 Å². The highest BCUT2D eigenvalue weighted by Crippen LogP contribution is 2.45. The molecule has 7 rings (SSSR count). The van der Waals surface area contributed by atoms with Crippen LogP contribution in [-0.4, -0.2) is 85.7 Å². The van der Waals surface area contributed by atoms with Gasteiger partial charge >= 0.3 is 6.03 Å². The van der Waals surface area contributed by atoms with Crippen LogP contribution in [0.4, 0.5) is 14.9 Å². The molecule has 54 heavy (non-hydrogen) atoms. The number of anilines is 1. The molecule has 0 aliphatic carbocycles. The standard InChI is InChI=1S/C43H43FN2O8/c1-45-34(21-22-35(48)28-11-16-31(44)17-12-28)38(46(43(45)53)32-18-13-26(14-19-32)25-5-3-2-4-6-25)33-20-15-30(23-36(33)49)27-7-9-29(10-8-27)42-41(52)40(51)39(50)37(24-47)54-42/h2-20,23,34-35,37-42,47-52H,21-22,24H2,1H3/t34-,35?,37-,38-,39-,40+,41-,42?/m1/s1. The number of urea groups is 1. The third-order valence-electron chi connectivity index (χ3n) is 10.7. The Morgan fingerprint density at radius 3 is 2.02 bits per heavy atom. The fraction of sp³-hybridized carbons (Fsp3) is 0.279. The SMILES string of the molecule is CN1C(=O)N(c2ccc(-c3ccccc3)cc2)[C@H](c2ccc(-c3ccc(C4O[C@H](CO)[C@@H](O)[C@H](O)[C@H]4O)cc3)cc2O)[C@H]1CCC(O)c1ccc(F)cc1. The molecule has 2 unspecified atom stereocenters. The fourth-order valence-corrected chi connectivity index (χ4v) is 7.62. The number of carbonyl (C=O) groups is 1. The molecule has 11 heteroatoms. The van der Waals surface area contributed by atoms with E-state index in [0.717, 1.165) is 16.7 Å². The number of aliphatic hydroxyl groups is 5. The van der Waals surface area contributed by atoms with E-state index in [-0.39, 0.29) is 18.2 Å². The molecule has 2 fully saturated rings. The van der Waals surface area contributed by atoms with E-state index in [1.807, 2.05) is 60.7 Å². The third kappa shape index (κ3) is 7.22. The summed E-state index contributed by atoms with van der Waals surface area (Å²) in [5.74, 6) is -0.432. The smallest absolute Gasteiger partial charge is 0.325 e. The Morgan fingerprint density at radius 1 is 0.759 bits per heavy atom. The number of ether oxygens (including phenoxy) is 1. The highest BCUT2D eigenvalue weighted by molar-refractivity contribution is 5.96. The monoisotopic (exact) mass is 734 g/mol. The van der Waals surface area contributed by atoms with E-state index in [1.165, 1.54) is 12.1 Å². The van der Waals surface area contributed by atoms with Crippen molar-refractivity contribution in [1.29, 1.82) is 0 Å². The zero-order chi connectivity index (χ0) is 38.1. The summed E-state index contributed by atoms with van der Waals surface area (Å²) in [5.41, 5.74) is 5.69. The molecular weight excluding hydrogens is 691 g/mol.